The fraction of sp³-hybridized carbons (Fsp3) is 0.263. The van der Waals surface area contributed by atoms with Gasteiger partial charge in [-0.1, -0.05) is 29.3 Å². The quantitative estimate of drug-likeness (QED) is 0.188. The SMILES string of the molecule is CCNC(=NCC(=O)Nc1ccc(O)cc1)NC(C)c1ccc(Cl)c(Cl)c1.I. The molecule has 2 rings (SSSR count). The van der Waals surface area contributed by atoms with Gasteiger partial charge in [-0.05, 0) is 55.8 Å². The van der Waals surface area contributed by atoms with Crippen molar-refractivity contribution < 1.29 is 9.90 Å². The molecule has 0 aliphatic heterocycles. The van der Waals surface area contributed by atoms with Gasteiger partial charge >= 0.3 is 0 Å². The first-order valence-electron chi connectivity index (χ1n) is 8.47. The van der Waals surface area contributed by atoms with Gasteiger partial charge in [-0.3, -0.25) is 4.79 Å². The van der Waals surface area contributed by atoms with Crippen LogP contribution in [0.4, 0.5) is 5.69 Å². The third kappa shape index (κ3) is 7.73. The van der Waals surface area contributed by atoms with Crippen LogP contribution >= 0.6 is 47.2 Å². The molecule has 0 aromatic heterocycles. The van der Waals surface area contributed by atoms with Crippen molar-refractivity contribution in [3.63, 3.8) is 0 Å². The average molecular weight is 537 g/mol. The molecule has 2 aromatic carbocycles. The largest absolute Gasteiger partial charge is 0.508 e. The van der Waals surface area contributed by atoms with Crippen LogP contribution in [0.25, 0.3) is 0 Å². The maximum absolute atomic E-state index is 12.1. The molecule has 28 heavy (non-hydrogen) atoms. The van der Waals surface area contributed by atoms with Crippen LogP contribution in [0.15, 0.2) is 47.5 Å². The predicted molar refractivity (Wildman–Crippen MR) is 126 cm³/mol. The highest BCUT2D eigenvalue weighted by atomic mass is 127. The van der Waals surface area contributed by atoms with Crippen molar-refractivity contribution in [1.82, 2.24) is 10.6 Å². The highest BCUT2D eigenvalue weighted by Crippen LogP contribution is 2.25. The van der Waals surface area contributed by atoms with E-state index in [1.165, 1.54) is 12.1 Å². The average Bonchev–Trinajstić information content (AvgIpc) is 2.64. The van der Waals surface area contributed by atoms with Gasteiger partial charge in [-0.25, -0.2) is 4.99 Å². The summed E-state index contributed by atoms with van der Waals surface area (Å²) in [4.78, 5) is 16.4. The molecule has 4 N–H and O–H groups in total. The molecular weight excluding hydrogens is 514 g/mol. The number of nitrogens with zero attached hydrogens (tertiary/aromatic N) is 1. The molecule has 152 valence electrons. The number of rotatable bonds is 6. The summed E-state index contributed by atoms with van der Waals surface area (Å²) in [6.07, 6.45) is 0. The summed E-state index contributed by atoms with van der Waals surface area (Å²) in [7, 11) is 0. The van der Waals surface area contributed by atoms with E-state index in [0.29, 0.717) is 28.2 Å². The summed E-state index contributed by atoms with van der Waals surface area (Å²) in [6, 6.07) is 11.6. The Morgan fingerprint density at radius 1 is 1.14 bits per heavy atom. The van der Waals surface area contributed by atoms with Crippen LogP contribution in [0.2, 0.25) is 10.0 Å². The Labute approximate surface area is 191 Å². The Hall–Kier alpha value is -1.71. The first-order valence-corrected chi connectivity index (χ1v) is 9.23. The van der Waals surface area contributed by atoms with Crippen LogP contribution < -0.4 is 16.0 Å². The number of hydrogen-bond acceptors (Lipinski definition) is 3. The predicted octanol–water partition coefficient (Wildman–Crippen LogP) is 4.57. The molecule has 0 fully saturated rings. The van der Waals surface area contributed by atoms with E-state index in [-0.39, 0.29) is 48.2 Å². The van der Waals surface area contributed by atoms with Crippen molar-refractivity contribution in [2.75, 3.05) is 18.4 Å². The normalized spacial score (nSPS) is 11.9. The molecule has 0 bridgehead atoms. The van der Waals surface area contributed by atoms with Gasteiger partial charge in [0, 0.05) is 12.2 Å². The van der Waals surface area contributed by atoms with Gasteiger partial charge in [0.1, 0.15) is 12.3 Å². The number of phenolic OH excluding ortho intramolecular Hbond substituents is 1. The van der Waals surface area contributed by atoms with Crippen molar-refractivity contribution in [2.24, 2.45) is 4.99 Å². The zero-order chi connectivity index (χ0) is 19.8. The third-order valence-corrected chi connectivity index (χ3v) is 4.41. The molecule has 1 atom stereocenters. The molecule has 1 amide bonds. The van der Waals surface area contributed by atoms with Crippen LogP contribution in [0, 0.1) is 0 Å². The van der Waals surface area contributed by atoms with Crippen molar-refractivity contribution in [1.29, 1.82) is 0 Å². The Morgan fingerprint density at radius 3 is 2.43 bits per heavy atom. The number of nitrogens with one attached hydrogen (secondary N) is 3. The van der Waals surface area contributed by atoms with Crippen molar-refractivity contribution >= 4 is 64.7 Å². The number of anilines is 1. The molecule has 6 nitrogen and oxygen atoms in total. The minimum Gasteiger partial charge on any atom is -0.508 e. The molecule has 0 saturated carbocycles. The molecule has 0 aliphatic rings. The number of carbonyl (C=O) groups excluding carboxylic acids is 1. The lowest BCUT2D eigenvalue weighted by Gasteiger charge is -2.18. The topological polar surface area (TPSA) is 85.8 Å². The summed E-state index contributed by atoms with van der Waals surface area (Å²) in [6.45, 7) is 4.50. The van der Waals surface area contributed by atoms with E-state index >= 15 is 0 Å². The number of carbonyl (C=O) groups is 1. The number of hydrogen-bond donors (Lipinski definition) is 4. The molecule has 1 unspecified atom stereocenters. The van der Waals surface area contributed by atoms with Gasteiger partial charge in [0.15, 0.2) is 5.96 Å². The highest BCUT2D eigenvalue weighted by Gasteiger charge is 2.10. The maximum Gasteiger partial charge on any atom is 0.246 e. The van der Waals surface area contributed by atoms with E-state index in [1.807, 2.05) is 19.9 Å². The van der Waals surface area contributed by atoms with Crippen LogP contribution in [0.5, 0.6) is 5.75 Å². The van der Waals surface area contributed by atoms with Crippen molar-refractivity contribution in [2.45, 2.75) is 19.9 Å². The summed E-state index contributed by atoms with van der Waals surface area (Å²) < 4.78 is 0. The molecule has 0 heterocycles. The summed E-state index contributed by atoms with van der Waals surface area (Å²) in [5.74, 6) is 0.387. The second-order valence-corrected chi connectivity index (χ2v) is 6.64. The minimum absolute atomic E-state index is 0. The van der Waals surface area contributed by atoms with E-state index in [4.69, 9.17) is 23.2 Å². The van der Waals surface area contributed by atoms with E-state index in [0.717, 1.165) is 5.56 Å². The monoisotopic (exact) mass is 536 g/mol. The first-order chi connectivity index (χ1) is 12.9. The van der Waals surface area contributed by atoms with E-state index in [9.17, 15) is 9.90 Å². The van der Waals surface area contributed by atoms with Gasteiger partial charge in [-0.2, -0.15) is 0 Å². The number of amides is 1. The summed E-state index contributed by atoms with van der Waals surface area (Å²) in [5.41, 5.74) is 1.54. The number of aromatic hydroxyl groups is 1. The molecular formula is C19H23Cl2IN4O2. The Kier molecular flexibility index (Phi) is 10.4. The van der Waals surface area contributed by atoms with Gasteiger partial charge in [0.25, 0.3) is 0 Å². The lowest BCUT2D eigenvalue weighted by molar-refractivity contribution is -0.114. The maximum atomic E-state index is 12.1. The molecule has 0 radical (unpaired) electrons. The smallest absolute Gasteiger partial charge is 0.246 e. The van der Waals surface area contributed by atoms with Gasteiger partial charge in [-0.15, -0.1) is 24.0 Å². The fourth-order valence-electron chi connectivity index (χ4n) is 2.29. The molecule has 0 aliphatic carbocycles. The van der Waals surface area contributed by atoms with Crippen molar-refractivity contribution in [3.05, 3.63) is 58.1 Å². The first kappa shape index (κ1) is 24.3. The van der Waals surface area contributed by atoms with E-state index in [2.05, 4.69) is 20.9 Å². The lowest BCUT2D eigenvalue weighted by atomic mass is 10.1. The van der Waals surface area contributed by atoms with Crippen LogP contribution in [0.1, 0.15) is 25.5 Å². The number of aliphatic imine (C=N–C) groups is 1. The minimum atomic E-state index is -0.264. The van der Waals surface area contributed by atoms with Crippen LogP contribution in [-0.2, 0) is 4.79 Å². The Morgan fingerprint density at radius 2 is 1.82 bits per heavy atom. The standard InChI is InChI=1S/C19H22Cl2N4O2.HI/c1-3-22-19(24-12(2)13-4-9-16(20)17(21)10-13)23-11-18(27)25-14-5-7-15(26)8-6-14;/h4-10,12,26H,3,11H2,1-2H3,(H,25,27)(H2,22,23,24);1H. The number of halogens is 3. The number of guanidine groups is 1. The Balaban J connectivity index is 0.00000392. The van der Waals surface area contributed by atoms with E-state index < -0.39 is 0 Å². The van der Waals surface area contributed by atoms with Crippen molar-refractivity contribution in [3.8, 4) is 5.75 Å². The fourth-order valence-corrected chi connectivity index (χ4v) is 2.59. The molecule has 0 spiro atoms. The van der Waals surface area contributed by atoms with Crippen LogP contribution in [0.3, 0.4) is 0 Å². The summed E-state index contributed by atoms with van der Waals surface area (Å²) in [5, 5.41) is 19.3. The zero-order valence-electron chi connectivity index (χ0n) is 15.5. The van der Waals surface area contributed by atoms with E-state index in [1.54, 1.807) is 24.3 Å². The number of phenols is 1. The molecule has 2 aromatic rings. The second kappa shape index (κ2) is 12.0. The van der Waals surface area contributed by atoms with Gasteiger partial charge < -0.3 is 21.1 Å². The van der Waals surface area contributed by atoms with Gasteiger partial charge in [0.2, 0.25) is 5.91 Å². The second-order valence-electron chi connectivity index (χ2n) is 5.83. The highest BCUT2D eigenvalue weighted by molar-refractivity contribution is 14.0. The molecule has 0 saturated heterocycles. The van der Waals surface area contributed by atoms with Crippen LogP contribution in [-0.4, -0.2) is 30.1 Å². The Bertz CT molecular complexity index is 816. The summed E-state index contributed by atoms with van der Waals surface area (Å²) >= 11 is 12.0. The lowest BCUT2D eigenvalue weighted by Crippen LogP contribution is -2.39. The molecule has 9 heteroatoms. The van der Waals surface area contributed by atoms with Gasteiger partial charge in [0.05, 0.1) is 16.1 Å². The third-order valence-electron chi connectivity index (χ3n) is 3.67. The zero-order valence-corrected chi connectivity index (χ0v) is 19.3. The number of benzene rings is 2.